The SMILES string of the molecule is CC.CC.CC.O=C1OC2C(O1)C1OC2C2C3CCC(C3)C12.O=C1OC2C(O1)C1OC2C2C3CCC(O3)C12.O=C1OC2C3CC(C2O1)C1C2CCC(O2)C31. The van der Waals surface area contributed by atoms with E-state index in [0.29, 0.717) is 71.8 Å². The molecule has 15 aliphatic rings. The Bertz CT molecular complexity index is 1220. The van der Waals surface area contributed by atoms with Crippen LogP contribution in [-0.4, -0.2) is 104 Å². The molecule has 0 N–H and O–H groups in total. The summed E-state index contributed by atoms with van der Waals surface area (Å²) < 4.78 is 55.5. The van der Waals surface area contributed by atoms with Gasteiger partial charge in [0.2, 0.25) is 0 Å². The molecule has 24 unspecified atom stereocenters. The lowest BCUT2D eigenvalue weighted by molar-refractivity contribution is -0.0317. The van der Waals surface area contributed by atoms with Crippen molar-refractivity contribution in [2.24, 2.45) is 59.2 Å². The zero-order valence-electron chi connectivity index (χ0n) is 32.3. The number of carbonyl (C=O) groups excluding carboxylic acids is 3. The normalized spacial score (nSPS) is 57.6. The summed E-state index contributed by atoms with van der Waals surface area (Å²) in [7, 11) is 0. The minimum Gasteiger partial charge on any atom is -0.427 e. The molecule has 11 heterocycles. The van der Waals surface area contributed by atoms with E-state index in [-0.39, 0.29) is 61.0 Å². The molecular formula is C41H58O13. The van der Waals surface area contributed by atoms with Crippen molar-refractivity contribution in [2.75, 3.05) is 0 Å². The van der Waals surface area contributed by atoms with Crippen molar-refractivity contribution in [1.29, 1.82) is 0 Å². The van der Waals surface area contributed by atoms with E-state index in [1.165, 1.54) is 38.5 Å². The average molecular weight is 759 g/mol. The molecule has 11 saturated heterocycles. The van der Waals surface area contributed by atoms with Crippen LogP contribution in [0.2, 0.25) is 0 Å². The van der Waals surface area contributed by atoms with Crippen LogP contribution in [-0.2, 0) is 47.4 Å². The Hall–Kier alpha value is -2.35. The van der Waals surface area contributed by atoms with Crippen LogP contribution >= 0.6 is 0 Å². The highest BCUT2D eigenvalue weighted by Gasteiger charge is 2.74. The molecule has 12 bridgehead atoms. The van der Waals surface area contributed by atoms with Gasteiger partial charge in [-0.15, -0.1) is 0 Å². The van der Waals surface area contributed by atoms with Crippen molar-refractivity contribution in [1.82, 2.24) is 0 Å². The molecule has 24 atom stereocenters. The molecule has 0 aromatic carbocycles. The Morgan fingerprint density at radius 3 is 1.02 bits per heavy atom. The monoisotopic (exact) mass is 758 g/mol. The molecule has 54 heavy (non-hydrogen) atoms. The van der Waals surface area contributed by atoms with Crippen molar-refractivity contribution in [3.8, 4) is 0 Å². The van der Waals surface area contributed by atoms with Gasteiger partial charge in [0.1, 0.15) is 36.6 Å². The number of ether oxygens (including phenoxy) is 10. The van der Waals surface area contributed by atoms with Gasteiger partial charge in [-0.25, -0.2) is 14.4 Å². The fourth-order valence-electron chi connectivity index (χ4n) is 14.9. The van der Waals surface area contributed by atoms with Crippen molar-refractivity contribution in [2.45, 2.75) is 178 Å². The minimum absolute atomic E-state index is 0.0155. The van der Waals surface area contributed by atoms with E-state index in [1.54, 1.807) is 0 Å². The highest BCUT2D eigenvalue weighted by atomic mass is 16.8. The first-order valence-electron chi connectivity index (χ1n) is 21.7. The average Bonchev–Trinajstić information content (AvgIpc) is 4.03. The Balaban J connectivity index is 0.0000000937. The van der Waals surface area contributed by atoms with E-state index in [9.17, 15) is 14.4 Å². The van der Waals surface area contributed by atoms with Gasteiger partial charge in [0.15, 0.2) is 24.4 Å². The van der Waals surface area contributed by atoms with E-state index in [0.717, 1.165) is 24.7 Å². The summed E-state index contributed by atoms with van der Waals surface area (Å²) in [6, 6.07) is 0. The van der Waals surface area contributed by atoms with Crippen LogP contribution in [0.3, 0.4) is 0 Å². The van der Waals surface area contributed by atoms with Gasteiger partial charge >= 0.3 is 18.5 Å². The number of fused-ring (bicyclic) bond motifs is 36. The molecule has 15 rings (SSSR count). The Morgan fingerprint density at radius 1 is 0.333 bits per heavy atom. The molecule has 15 fully saturated rings. The van der Waals surface area contributed by atoms with Crippen LogP contribution < -0.4 is 0 Å². The third kappa shape index (κ3) is 4.79. The molecule has 0 aromatic heterocycles. The van der Waals surface area contributed by atoms with Crippen LogP contribution in [0.15, 0.2) is 0 Å². The Morgan fingerprint density at radius 2 is 0.648 bits per heavy atom. The van der Waals surface area contributed by atoms with Gasteiger partial charge in [-0.2, -0.15) is 0 Å². The predicted molar refractivity (Wildman–Crippen MR) is 186 cm³/mol. The van der Waals surface area contributed by atoms with Crippen molar-refractivity contribution in [3.63, 3.8) is 0 Å². The second-order valence-corrected chi connectivity index (χ2v) is 17.3. The maximum absolute atomic E-state index is 11.2. The second kappa shape index (κ2) is 13.4. The number of carbonyl (C=O) groups is 3. The first kappa shape index (κ1) is 36.0. The molecule has 0 spiro atoms. The summed E-state index contributed by atoms with van der Waals surface area (Å²) >= 11 is 0. The van der Waals surface area contributed by atoms with E-state index in [1.807, 2.05) is 41.5 Å². The first-order chi connectivity index (χ1) is 26.5. The summed E-state index contributed by atoms with van der Waals surface area (Å²) in [5, 5.41) is 0. The first-order valence-corrected chi connectivity index (χ1v) is 21.7. The zero-order valence-corrected chi connectivity index (χ0v) is 32.3. The topological polar surface area (TPSA) is 144 Å². The fraction of sp³-hybridized carbons (Fsp3) is 0.927. The maximum Gasteiger partial charge on any atom is 0.509 e. The third-order valence-corrected chi connectivity index (χ3v) is 16.0. The Kier molecular flexibility index (Phi) is 8.92. The van der Waals surface area contributed by atoms with Gasteiger partial charge in [0, 0.05) is 23.7 Å². The molecule has 0 aromatic rings. The highest BCUT2D eigenvalue weighted by molar-refractivity contribution is 5.64. The lowest BCUT2D eigenvalue weighted by Crippen LogP contribution is -2.48. The highest BCUT2D eigenvalue weighted by Crippen LogP contribution is 2.66. The van der Waals surface area contributed by atoms with E-state index in [2.05, 4.69) is 0 Å². The maximum atomic E-state index is 11.2. The molecule has 11 aliphatic heterocycles. The second-order valence-electron chi connectivity index (χ2n) is 17.3. The van der Waals surface area contributed by atoms with Crippen LogP contribution in [0.25, 0.3) is 0 Å². The van der Waals surface area contributed by atoms with E-state index >= 15 is 0 Å². The summed E-state index contributed by atoms with van der Waals surface area (Å²) in [4.78, 5) is 33.5. The van der Waals surface area contributed by atoms with Crippen molar-refractivity contribution in [3.05, 3.63) is 0 Å². The molecule has 13 nitrogen and oxygen atoms in total. The fourth-order valence-corrected chi connectivity index (χ4v) is 14.9. The summed E-state index contributed by atoms with van der Waals surface area (Å²) in [5.74, 6) is 6.15. The Labute approximate surface area is 317 Å². The number of hydrogen-bond acceptors (Lipinski definition) is 13. The van der Waals surface area contributed by atoms with Gasteiger partial charge in [0.25, 0.3) is 0 Å². The van der Waals surface area contributed by atoms with Gasteiger partial charge in [-0.3, -0.25) is 0 Å². The summed E-state index contributed by atoms with van der Waals surface area (Å²) in [6.45, 7) is 12.0. The van der Waals surface area contributed by atoms with E-state index in [4.69, 9.17) is 47.4 Å². The molecule has 300 valence electrons. The van der Waals surface area contributed by atoms with Gasteiger partial charge < -0.3 is 47.4 Å². The lowest BCUT2D eigenvalue weighted by Gasteiger charge is -2.35. The standard InChI is InChI=1S/2C12H14O4.C11H12O5.3C2H6/c13-12-15-10-4-3-5(11(10)16-12)9-7-2-1-6(14-7)8(4)9;13-12-15-10-8-6-4-1-2-5(3-4)7(6)9(14-8)11(10)16-12;12-11-15-9-7-5-3-1-2-4(13-3)6(5)8(14-7)10(9)16-11;3*1-2/h2*4-11H,1-3H2;3-10H,1-2H2;3*1-2H3. The largest absolute Gasteiger partial charge is 0.509 e. The number of hydrogen-bond donors (Lipinski definition) is 0. The van der Waals surface area contributed by atoms with Gasteiger partial charge in [0.05, 0.1) is 24.4 Å². The quantitative estimate of drug-likeness (QED) is 0.204. The van der Waals surface area contributed by atoms with Crippen molar-refractivity contribution >= 4 is 18.5 Å². The third-order valence-electron chi connectivity index (χ3n) is 16.0. The van der Waals surface area contributed by atoms with Crippen LogP contribution in [0, 0.1) is 59.2 Å². The summed E-state index contributed by atoms with van der Waals surface area (Å²) in [5.41, 5.74) is 0. The van der Waals surface area contributed by atoms with Gasteiger partial charge in [-0.05, 0) is 86.9 Å². The molecule has 0 radical (unpaired) electrons. The van der Waals surface area contributed by atoms with Crippen molar-refractivity contribution < 1.29 is 61.8 Å². The predicted octanol–water partition coefficient (Wildman–Crippen LogP) is 6.21. The lowest BCUT2D eigenvalue weighted by atomic mass is 9.69. The van der Waals surface area contributed by atoms with Crippen LogP contribution in [0.4, 0.5) is 14.4 Å². The van der Waals surface area contributed by atoms with E-state index < -0.39 is 18.5 Å². The molecular weight excluding hydrogens is 700 g/mol. The minimum atomic E-state index is -0.526. The van der Waals surface area contributed by atoms with Crippen LogP contribution in [0.5, 0.6) is 0 Å². The van der Waals surface area contributed by atoms with Crippen LogP contribution in [0.1, 0.15) is 92.9 Å². The molecule has 4 aliphatic carbocycles. The summed E-state index contributed by atoms with van der Waals surface area (Å²) in [6.07, 6.45) is 9.88. The smallest absolute Gasteiger partial charge is 0.427 e. The molecule has 4 saturated carbocycles. The zero-order chi connectivity index (χ0) is 37.3. The number of rotatable bonds is 0. The molecule has 13 heteroatoms. The van der Waals surface area contributed by atoms with Gasteiger partial charge in [-0.1, -0.05) is 41.5 Å². The molecule has 0 amide bonds.